The number of carboxylic acids is 1. The molecule has 1 saturated carbocycles. The van der Waals surface area contributed by atoms with Crippen molar-refractivity contribution in [3.63, 3.8) is 0 Å². The molecule has 1 aromatic carbocycles. The zero-order valence-corrected chi connectivity index (χ0v) is 13.6. The molecule has 1 N–H and O–H groups in total. The summed E-state index contributed by atoms with van der Waals surface area (Å²) in [7, 11) is -2.15. The van der Waals surface area contributed by atoms with E-state index in [2.05, 4.69) is 22.9 Å². The maximum atomic E-state index is 12.5. The van der Waals surface area contributed by atoms with E-state index in [4.69, 9.17) is 5.11 Å². The second-order valence-electron chi connectivity index (χ2n) is 5.21. The SMILES string of the molecule is CC1CC1CN(C)S(=O)(=O)c1cc(C(=O)O)ccc1Br. The Bertz CT molecular complexity index is 644. The predicted molar refractivity (Wildman–Crippen MR) is 78.2 cm³/mol. The number of benzene rings is 1. The third kappa shape index (κ3) is 3.05. The van der Waals surface area contributed by atoms with Gasteiger partial charge in [0.1, 0.15) is 0 Å². The molecule has 5 nitrogen and oxygen atoms in total. The van der Waals surface area contributed by atoms with E-state index in [1.807, 2.05) is 0 Å². The van der Waals surface area contributed by atoms with Gasteiger partial charge in [-0.15, -0.1) is 0 Å². The quantitative estimate of drug-likeness (QED) is 0.873. The first-order valence-electron chi connectivity index (χ1n) is 6.22. The molecule has 0 saturated heterocycles. The Morgan fingerprint density at radius 2 is 2.10 bits per heavy atom. The van der Waals surface area contributed by atoms with Crippen molar-refractivity contribution in [3.8, 4) is 0 Å². The van der Waals surface area contributed by atoms with E-state index in [0.717, 1.165) is 6.42 Å². The van der Waals surface area contributed by atoms with Gasteiger partial charge < -0.3 is 5.11 Å². The van der Waals surface area contributed by atoms with Gasteiger partial charge in [0, 0.05) is 18.1 Å². The molecule has 7 heteroatoms. The lowest BCUT2D eigenvalue weighted by atomic mass is 10.2. The largest absolute Gasteiger partial charge is 0.478 e. The highest BCUT2D eigenvalue weighted by Crippen LogP contribution is 2.39. The zero-order valence-electron chi connectivity index (χ0n) is 11.2. The van der Waals surface area contributed by atoms with Crippen LogP contribution in [0.2, 0.25) is 0 Å². The molecule has 0 aliphatic heterocycles. The molecule has 1 aliphatic carbocycles. The summed E-state index contributed by atoms with van der Waals surface area (Å²) in [4.78, 5) is 11.0. The summed E-state index contributed by atoms with van der Waals surface area (Å²) in [6.45, 7) is 2.55. The first-order valence-corrected chi connectivity index (χ1v) is 8.46. The number of nitrogens with zero attached hydrogens (tertiary/aromatic N) is 1. The number of hydrogen-bond acceptors (Lipinski definition) is 3. The van der Waals surface area contributed by atoms with E-state index < -0.39 is 16.0 Å². The maximum Gasteiger partial charge on any atom is 0.335 e. The number of carbonyl (C=O) groups is 1. The Morgan fingerprint density at radius 1 is 1.50 bits per heavy atom. The molecule has 0 radical (unpaired) electrons. The summed E-state index contributed by atoms with van der Waals surface area (Å²) >= 11 is 3.18. The second-order valence-corrected chi connectivity index (χ2v) is 8.08. The zero-order chi connectivity index (χ0) is 15.1. The first-order chi connectivity index (χ1) is 9.23. The van der Waals surface area contributed by atoms with Gasteiger partial charge >= 0.3 is 5.97 Å². The molecule has 0 amide bonds. The van der Waals surface area contributed by atoms with E-state index >= 15 is 0 Å². The van der Waals surface area contributed by atoms with Gasteiger partial charge in [0.15, 0.2) is 0 Å². The van der Waals surface area contributed by atoms with Crippen LogP contribution >= 0.6 is 15.9 Å². The van der Waals surface area contributed by atoms with Gasteiger partial charge in [0.05, 0.1) is 10.5 Å². The van der Waals surface area contributed by atoms with Gasteiger partial charge in [-0.1, -0.05) is 6.92 Å². The highest BCUT2D eigenvalue weighted by Gasteiger charge is 2.36. The van der Waals surface area contributed by atoms with Crippen LogP contribution in [0, 0.1) is 11.8 Å². The molecule has 20 heavy (non-hydrogen) atoms. The highest BCUT2D eigenvalue weighted by molar-refractivity contribution is 9.10. The van der Waals surface area contributed by atoms with Crippen LogP contribution in [-0.2, 0) is 10.0 Å². The van der Waals surface area contributed by atoms with Gasteiger partial charge in [-0.25, -0.2) is 17.5 Å². The van der Waals surface area contributed by atoms with Gasteiger partial charge in [-0.2, -0.15) is 0 Å². The van der Waals surface area contributed by atoms with Crippen molar-refractivity contribution in [2.45, 2.75) is 18.2 Å². The van der Waals surface area contributed by atoms with Crippen molar-refractivity contribution in [2.75, 3.05) is 13.6 Å². The molecule has 0 bridgehead atoms. The molecule has 1 aromatic rings. The van der Waals surface area contributed by atoms with Crippen LogP contribution in [-0.4, -0.2) is 37.4 Å². The monoisotopic (exact) mass is 361 g/mol. The fourth-order valence-electron chi connectivity index (χ4n) is 2.08. The molecule has 2 atom stereocenters. The maximum absolute atomic E-state index is 12.5. The number of carboxylic acid groups (broad SMARTS) is 1. The Kier molecular flexibility index (Phi) is 4.22. The van der Waals surface area contributed by atoms with Crippen molar-refractivity contribution in [1.29, 1.82) is 0 Å². The number of halogens is 1. The summed E-state index contributed by atoms with van der Waals surface area (Å²) in [5.41, 5.74) is -0.0417. The molecule has 1 aliphatic rings. The van der Waals surface area contributed by atoms with Gasteiger partial charge in [0.25, 0.3) is 0 Å². The Morgan fingerprint density at radius 3 is 2.60 bits per heavy atom. The molecule has 0 heterocycles. The number of rotatable bonds is 5. The minimum atomic E-state index is -3.68. The van der Waals surface area contributed by atoms with E-state index in [9.17, 15) is 13.2 Å². The van der Waals surface area contributed by atoms with Crippen molar-refractivity contribution in [3.05, 3.63) is 28.2 Å². The fourth-order valence-corrected chi connectivity index (χ4v) is 4.26. The van der Waals surface area contributed by atoms with Crippen LogP contribution in [0.1, 0.15) is 23.7 Å². The molecule has 2 unspecified atom stereocenters. The Hall–Kier alpha value is -0.920. The van der Waals surface area contributed by atoms with Gasteiger partial charge in [-0.05, 0) is 52.4 Å². The Labute approximate surface area is 126 Å². The summed E-state index contributed by atoms with van der Waals surface area (Å²) in [5, 5.41) is 8.97. The van der Waals surface area contributed by atoms with Crippen molar-refractivity contribution >= 4 is 31.9 Å². The third-order valence-electron chi connectivity index (χ3n) is 3.63. The van der Waals surface area contributed by atoms with E-state index in [1.165, 1.54) is 29.6 Å². The summed E-state index contributed by atoms with van der Waals surface area (Å²) in [6.07, 6.45) is 1.04. The van der Waals surface area contributed by atoms with Crippen molar-refractivity contribution in [1.82, 2.24) is 4.31 Å². The van der Waals surface area contributed by atoms with Crippen LogP contribution in [0.3, 0.4) is 0 Å². The molecule has 0 spiro atoms. The average molecular weight is 362 g/mol. The fraction of sp³-hybridized carbons (Fsp3) is 0.462. The van der Waals surface area contributed by atoms with Gasteiger partial charge in [0.2, 0.25) is 10.0 Å². The summed E-state index contributed by atoms with van der Waals surface area (Å²) in [5.74, 6) is -0.190. The highest BCUT2D eigenvalue weighted by atomic mass is 79.9. The lowest BCUT2D eigenvalue weighted by molar-refractivity contribution is 0.0696. The smallest absolute Gasteiger partial charge is 0.335 e. The first kappa shape index (κ1) is 15.5. The standard InChI is InChI=1S/C13H16BrNO4S/c1-8-5-10(8)7-15(2)20(18,19)12-6-9(13(16)17)3-4-11(12)14/h3-4,6,8,10H,5,7H2,1-2H3,(H,16,17). The predicted octanol–water partition coefficient (Wildman–Crippen LogP) is 2.42. The minimum Gasteiger partial charge on any atom is -0.478 e. The molecular weight excluding hydrogens is 346 g/mol. The number of hydrogen-bond donors (Lipinski definition) is 1. The normalized spacial score (nSPS) is 22.0. The summed E-state index contributed by atoms with van der Waals surface area (Å²) in [6, 6.07) is 4.01. The van der Waals surface area contributed by atoms with Crippen LogP contribution in [0.5, 0.6) is 0 Å². The van der Waals surface area contributed by atoms with E-state index in [-0.39, 0.29) is 10.5 Å². The molecule has 0 aromatic heterocycles. The topological polar surface area (TPSA) is 74.7 Å². The van der Waals surface area contributed by atoms with Crippen LogP contribution in [0.15, 0.2) is 27.6 Å². The lowest BCUT2D eigenvalue weighted by Gasteiger charge is -2.18. The van der Waals surface area contributed by atoms with Crippen molar-refractivity contribution < 1.29 is 18.3 Å². The van der Waals surface area contributed by atoms with E-state index in [1.54, 1.807) is 0 Å². The van der Waals surface area contributed by atoms with Crippen LogP contribution < -0.4 is 0 Å². The van der Waals surface area contributed by atoms with E-state index in [0.29, 0.717) is 22.9 Å². The van der Waals surface area contributed by atoms with Crippen LogP contribution in [0.4, 0.5) is 0 Å². The molecule has 1 fully saturated rings. The minimum absolute atomic E-state index is 0.00629. The second kappa shape index (κ2) is 5.46. The lowest BCUT2D eigenvalue weighted by Crippen LogP contribution is -2.29. The van der Waals surface area contributed by atoms with Crippen LogP contribution in [0.25, 0.3) is 0 Å². The third-order valence-corrected chi connectivity index (χ3v) is 6.45. The van der Waals surface area contributed by atoms with Gasteiger partial charge in [-0.3, -0.25) is 0 Å². The summed E-state index contributed by atoms with van der Waals surface area (Å²) < 4.78 is 26.7. The number of sulfonamides is 1. The number of aromatic carboxylic acids is 1. The van der Waals surface area contributed by atoms with Crippen molar-refractivity contribution in [2.24, 2.45) is 11.8 Å². The molecule has 110 valence electrons. The average Bonchev–Trinajstić information content (AvgIpc) is 3.04. The molecular formula is C13H16BrNO4S. The molecule has 2 rings (SSSR count). The Balaban J connectivity index is 2.32.